The van der Waals surface area contributed by atoms with Crippen LogP contribution in [-0.4, -0.2) is 46.0 Å². The fraction of sp³-hybridized carbons (Fsp3) is 0.562. The van der Waals surface area contributed by atoms with Gasteiger partial charge in [0, 0.05) is 19.2 Å². The fourth-order valence-corrected chi connectivity index (χ4v) is 2.45. The van der Waals surface area contributed by atoms with Crippen LogP contribution in [0.25, 0.3) is 0 Å². The molecule has 1 fully saturated rings. The molecule has 1 aromatic heterocycles. The number of nitrogens with zero attached hydrogens (tertiary/aromatic N) is 1. The highest BCUT2D eigenvalue weighted by Crippen LogP contribution is 2.26. The Morgan fingerprint density at radius 2 is 2.15 bits per heavy atom. The van der Waals surface area contributed by atoms with Crippen molar-refractivity contribution in [1.82, 2.24) is 14.9 Å². The molecule has 0 bridgehead atoms. The second kappa shape index (κ2) is 8.88. The van der Waals surface area contributed by atoms with E-state index in [1.54, 1.807) is 5.32 Å². The molecule has 2 rings (SSSR count). The molecule has 3 N–H and O–H groups in total. The summed E-state index contributed by atoms with van der Waals surface area (Å²) in [6.07, 6.45) is -3.31. The summed E-state index contributed by atoms with van der Waals surface area (Å²) in [6.45, 7) is -0.381. The zero-order valence-corrected chi connectivity index (χ0v) is 14.1. The maximum atomic E-state index is 12.0. The molecule has 0 saturated carbocycles. The van der Waals surface area contributed by atoms with E-state index in [1.807, 2.05) is 0 Å². The van der Waals surface area contributed by atoms with E-state index < -0.39 is 29.6 Å². The summed E-state index contributed by atoms with van der Waals surface area (Å²) >= 11 is 0. The molecule has 27 heavy (non-hydrogen) atoms. The van der Waals surface area contributed by atoms with E-state index in [0.717, 1.165) is 0 Å². The van der Waals surface area contributed by atoms with Gasteiger partial charge in [0.15, 0.2) is 0 Å². The molecule has 8 nitrogen and oxygen atoms in total. The van der Waals surface area contributed by atoms with Gasteiger partial charge >= 0.3 is 17.8 Å². The lowest BCUT2D eigenvalue weighted by Gasteiger charge is -2.14. The fourth-order valence-electron chi connectivity index (χ4n) is 2.45. The molecule has 0 radical (unpaired) electrons. The summed E-state index contributed by atoms with van der Waals surface area (Å²) in [5, 5.41) is 10.8. The molecule has 11 heteroatoms. The van der Waals surface area contributed by atoms with Gasteiger partial charge in [0.05, 0.1) is 12.7 Å². The first kappa shape index (κ1) is 20.7. The number of alkyl halides is 3. The summed E-state index contributed by atoms with van der Waals surface area (Å²) in [5.41, 5.74) is -1.35. The van der Waals surface area contributed by atoms with E-state index in [4.69, 9.17) is 9.84 Å². The van der Waals surface area contributed by atoms with Crippen LogP contribution in [0.5, 0.6) is 0 Å². The predicted octanol–water partition coefficient (Wildman–Crippen LogP) is 0.0167. The molecule has 2 heterocycles. The molecule has 1 aliphatic heterocycles. The highest BCUT2D eigenvalue weighted by atomic mass is 19.4. The Balaban J connectivity index is 1.96. The van der Waals surface area contributed by atoms with Crippen molar-refractivity contribution in [2.24, 2.45) is 0 Å². The standard InChI is InChI=1S/C16H18F3N3O5/c17-16(18,19)14(25)20-7-3-1-2-4-10-8-22(15(26)21-13(10)24)12-6-5-11(9-23)27-12/h8,11-12,23H,1,3,5-7,9H2,(H,20,25)(H,21,24,26)/t11-,12+/m0/s1. The molecule has 1 saturated heterocycles. The minimum absolute atomic E-state index is 0.00461. The molecule has 1 aliphatic rings. The summed E-state index contributed by atoms with van der Waals surface area (Å²) in [5.74, 6) is 3.15. The number of halogens is 3. The maximum absolute atomic E-state index is 12.0. The van der Waals surface area contributed by atoms with Crippen LogP contribution in [-0.2, 0) is 9.53 Å². The van der Waals surface area contributed by atoms with Crippen molar-refractivity contribution in [1.29, 1.82) is 0 Å². The normalized spacial score (nSPS) is 19.4. The number of carbonyl (C=O) groups is 1. The SMILES string of the molecule is O=C(NCCCC#Cc1cn([C@H]2CC[C@@H](CO)O2)c(=O)[nH]c1=O)C(F)(F)F. The number of aromatic amines is 1. The number of amides is 1. The Morgan fingerprint density at radius 1 is 1.41 bits per heavy atom. The number of aromatic nitrogens is 2. The van der Waals surface area contributed by atoms with Crippen LogP contribution in [0.3, 0.4) is 0 Å². The van der Waals surface area contributed by atoms with Crippen molar-refractivity contribution >= 4 is 5.91 Å². The van der Waals surface area contributed by atoms with Gasteiger partial charge in [-0.15, -0.1) is 0 Å². The summed E-state index contributed by atoms with van der Waals surface area (Å²) in [7, 11) is 0. The number of carbonyl (C=O) groups excluding carboxylic acids is 1. The van der Waals surface area contributed by atoms with Crippen LogP contribution in [0.4, 0.5) is 13.2 Å². The maximum Gasteiger partial charge on any atom is 0.471 e. The zero-order valence-electron chi connectivity index (χ0n) is 14.1. The number of ether oxygens (including phenoxy) is 1. The Bertz CT molecular complexity index is 850. The largest absolute Gasteiger partial charge is 0.471 e. The number of nitrogens with one attached hydrogen (secondary N) is 2. The van der Waals surface area contributed by atoms with Crippen LogP contribution < -0.4 is 16.6 Å². The van der Waals surface area contributed by atoms with Crippen LogP contribution >= 0.6 is 0 Å². The number of unbranched alkanes of at least 4 members (excludes halogenated alkanes) is 1. The van der Waals surface area contributed by atoms with Crippen molar-refractivity contribution in [2.75, 3.05) is 13.2 Å². The summed E-state index contributed by atoms with van der Waals surface area (Å²) in [4.78, 5) is 36.5. The topological polar surface area (TPSA) is 113 Å². The van der Waals surface area contributed by atoms with Crippen molar-refractivity contribution < 1.29 is 27.8 Å². The van der Waals surface area contributed by atoms with Gasteiger partial charge in [-0.3, -0.25) is 19.1 Å². The molecule has 1 aromatic rings. The second-order valence-corrected chi connectivity index (χ2v) is 5.84. The first-order valence-corrected chi connectivity index (χ1v) is 8.18. The monoisotopic (exact) mass is 389 g/mol. The first-order chi connectivity index (χ1) is 12.7. The smallest absolute Gasteiger partial charge is 0.394 e. The van der Waals surface area contributed by atoms with Crippen molar-refractivity contribution in [3.8, 4) is 11.8 Å². The molecule has 0 aromatic carbocycles. The van der Waals surface area contributed by atoms with E-state index in [-0.39, 0.29) is 37.7 Å². The quantitative estimate of drug-likeness (QED) is 0.485. The number of rotatable bonds is 5. The van der Waals surface area contributed by atoms with E-state index in [0.29, 0.717) is 12.8 Å². The van der Waals surface area contributed by atoms with E-state index in [2.05, 4.69) is 16.8 Å². The molecule has 0 spiro atoms. The highest BCUT2D eigenvalue weighted by Gasteiger charge is 2.38. The Kier molecular flexibility index (Phi) is 6.81. The highest BCUT2D eigenvalue weighted by molar-refractivity contribution is 5.81. The van der Waals surface area contributed by atoms with Crippen LogP contribution in [0.2, 0.25) is 0 Å². The van der Waals surface area contributed by atoms with Gasteiger partial charge in [-0.25, -0.2) is 4.79 Å². The van der Waals surface area contributed by atoms with Gasteiger partial charge in [0.25, 0.3) is 5.56 Å². The van der Waals surface area contributed by atoms with Gasteiger partial charge in [-0.1, -0.05) is 11.8 Å². The third-order valence-electron chi connectivity index (χ3n) is 3.81. The average molecular weight is 389 g/mol. The lowest BCUT2D eigenvalue weighted by molar-refractivity contribution is -0.173. The number of aliphatic hydroxyl groups excluding tert-OH is 1. The number of aliphatic hydroxyl groups is 1. The first-order valence-electron chi connectivity index (χ1n) is 8.18. The summed E-state index contributed by atoms with van der Waals surface area (Å²) in [6, 6.07) is 0. The molecular formula is C16H18F3N3O5. The number of H-pyrrole nitrogens is 1. The lowest BCUT2D eigenvalue weighted by atomic mass is 10.2. The van der Waals surface area contributed by atoms with Gasteiger partial charge in [0.2, 0.25) is 0 Å². The van der Waals surface area contributed by atoms with E-state index >= 15 is 0 Å². The predicted molar refractivity (Wildman–Crippen MR) is 86.7 cm³/mol. The Hall–Kier alpha value is -2.58. The molecule has 1 amide bonds. The third-order valence-corrected chi connectivity index (χ3v) is 3.81. The molecule has 2 atom stereocenters. The second-order valence-electron chi connectivity index (χ2n) is 5.84. The van der Waals surface area contributed by atoms with Crippen molar-refractivity contribution in [3.63, 3.8) is 0 Å². The Morgan fingerprint density at radius 3 is 2.78 bits per heavy atom. The summed E-state index contributed by atoms with van der Waals surface area (Å²) < 4.78 is 42.7. The van der Waals surface area contributed by atoms with Crippen molar-refractivity contribution in [3.05, 3.63) is 32.6 Å². The molecular weight excluding hydrogens is 371 g/mol. The van der Waals surface area contributed by atoms with Gasteiger partial charge in [-0.05, 0) is 19.3 Å². The lowest BCUT2D eigenvalue weighted by Crippen LogP contribution is -2.37. The van der Waals surface area contributed by atoms with Crippen LogP contribution in [0.1, 0.15) is 37.5 Å². The van der Waals surface area contributed by atoms with Crippen molar-refractivity contribution in [2.45, 2.75) is 44.2 Å². The van der Waals surface area contributed by atoms with E-state index in [9.17, 15) is 27.6 Å². The minimum Gasteiger partial charge on any atom is -0.394 e. The third kappa shape index (κ3) is 5.70. The van der Waals surface area contributed by atoms with Crippen LogP contribution in [0.15, 0.2) is 15.8 Å². The van der Waals surface area contributed by atoms with Crippen LogP contribution in [0, 0.1) is 11.8 Å². The minimum atomic E-state index is -4.93. The number of hydrogen-bond acceptors (Lipinski definition) is 5. The van der Waals surface area contributed by atoms with Gasteiger partial charge in [0.1, 0.15) is 11.8 Å². The van der Waals surface area contributed by atoms with Gasteiger partial charge in [-0.2, -0.15) is 13.2 Å². The zero-order chi connectivity index (χ0) is 20.0. The molecule has 0 aliphatic carbocycles. The average Bonchev–Trinajstić information content (AvgIpc) is 3.07. The molecule has 148 valence electrons. The van der Waals surface area contributed by atoms with Gasteiger partial charge < -0.3 is 15.2 Å². The number of hydrogen-bond donors (Lipinski definition) is 3. The Labute approximate surface area is 151 Å². The molecule has 0 unspecified atom stereocenters. The van der Waals surface area contributed by atoms with E-state index in [1.165, 1.54) is 10.8 Å².